The molecule has 4 N–H and O–H groups in total. The van der Waals surface area contributed by atoms with Gasteiger partial charge < -0.3 is 10.6 Å². The summed E-state index contributed by atoms with van der Waals surface area (Å²) in [7, 11) is -6.72. The third-order valence-electron chi connectivity index (χ3n) is 2.67. The molecule has 23 heavy (non-hydrogen) atoms. The van der Waals surface area contributed by atoms with E-state index < -0.39 is 18.3 Å². The Balaban J connectivity index is 3.14. The molecule has 0 saturated heterocycles. The van der Waals surface area contributed by atoms with Crippen LogP contribution in [0.3, 0.4) is 0 Å². The van der Waals surface area contributed by atoms with Crippen molar-refractivity contribution in [1.82, 2.24) is 10.6 Å². The number of hydrogen-bond acceptors (Lipinski definition) is 8. The predicted molar refractivity (Wildman–Crippen MR) is 96.8 cm³/mol. The van der Waals surface area contributed by atoms with Crippen LogP contribution in [0.15, 0.2) is 0 Å². The Morgan fingerprint density at radius 2 is 0.957 bits per heavy atom. The standard InChI is InChI=1S/C11H26N2O6S4/c14-22(15,16)20-10-4-8-12-6-2-1-3-7-13-9-5-11-21-23(17,18)19/h12-13H,1-11H2,(H,14,15,16)(H,17,18,19). The van der Waals surface area contributed by atoms with Gasteiger partial charge in [-0.1, -0.05) is 6.42 Å². The van der Waals surface area contributed by atoms with E-state index in [1.165, 1.54) is 0 Å². The van der Waals surface area contributed by atoms with Crippen LogP contribution in [0.25, 0.3) is 0 Å². The Kier molecular flexibility index (Phi) is 14.0. The molecular weight excluding hydrogens is 384 g/mol. The molecule has 0 spiro atoms. The van der Waals surface area contributed by atoms with Crippen molar-refractivity contribution < 1.29 is 25.9 Å². The Morgan fingerprint density at radius 1 is 0.609 bits per heavy atom. The third kappa shape index (κ3) is 22.4. The summed E-state index contributed by atoms with van der Waals surface area (Å²) >= 11 is 0. The van der Waals surface area contributed by atoms with Crippen LogP contribution in [0.4, 0.5) is 0 Å². The van der Waals surface area contributed by atoms with E-state index in [1.807, 2.05) is 0 Å². The lowest BCUT2D eigenvalue weighted by Gasteiger charge is -2.05. The summed E-state index contributed by atoms with van der Waals surface area (Å²) < 4.78 is 58.8. The summed E-state index contributed by atoms with van der Waals surface area (Å²) in [5.74, 6) is 0.761. The summed E-state index contributed by atoms with van der Waals surface area (Å²) in [6.07, 6.45) is 4.51. The lowest BCUT2D eigenvalue weighted by atomic mass is 10.2. The largest absolute Gasteiger partial charge is 0.319 e. The monoisotopic (exact) mass is 410 g/mol. The Labute approximate surface area is 146 Å². The first-order valence-electron chi connectivity index (χ1n) is 7.36. The Morgan fingerprint density at radius 3 is 1.30 bits per heavy atom. The maximum Gasteiger partial charge on any atom is 0.319 e. The first kappa shape index (κ1) is 23.4. The van der Waals surface area contributed by atoms with Crippen molar-refractivity contribution in [2.75, 3.05) is 37.7 Å². The van der Waals surface area contributed by atoms with Crippen LogP contribution in [0.5, 0.6) is 0 Å². The van der Waals surface area contributed by atoms with Gasteiger partial charge in [0.15, 0.2) is 0 Å². The second-order valence-corrected chi connectivity index (χ2v) is 11.7. The molecule has 0 atom stereocenters. The topological polar surface area (TPSA) is 133 Å². The van der Waals surface area contributed by atoms with Crippen LogP contribution in [-0.4, -0.2) is 63.6 Å². The highest BCUT2D eigenvalue weighted by Gasteiger charge is 2.04. The van der Waals surface area contributed by atoms with E-state index in [0.29, 0.717) is 45.9 Å². The molecule has 0 radical (unpaired) electrons. The highest BCUT2D eigenvalue weighted by molar-refractivity contribution is 8.70. The molecule has 12 heteroatoms. The third-order valence-corrected chi connectivity index (χ3v) is 6.96. The van der Waals surface area contributed by atoms with Crippen LogP contribution in [0.2, 0.25) is 0 Å². The first-order valence-corrected chi connectivity index (χ1v) is 13.2. The van der Waals surface area contributed by atoms with Gasteiger partial charge in [0.25, 0.3) is 0 Å². The lowest BCUT2D eigenvalue weighted by Crippen LogP contribution is -2.19. The molecule has 0 aromatic rings. The molecule has 0 aliphatic heterocycles. The molecule has 0 aliphatic rings. The quantitative estimate of drug-likeness (QED) is 0.167. The van der Waals surface area contributed by atoms with Crippen LogP contribution >= 0.6 is 21.6 Å². The number of unbranched alkanes of at least 4 members (excludes halogenated alkanes) is 2. The van der Waals surface area contributed by atoms with E-state index in [0.717, 1.165) is 45.4 Å². The average Bonchev–Trinajstić information content (AvgIpc) is 2.40. The van der Waals surface area contributed by atoms with Crippen molar-refractivity contribution in [2.45, 2.75) is 32.1 Å². The summed E-state index contributed by atoms with van der Waals surface area (Å²) in [5, 5.41) is 6.42. The molecule has 0 saturated carbocycles. The molecule has 0 aromatic carbocycles. The molecule has 0 amide bonds. The molecule has 0 aromatic heterocycles. The Hall–Kier alpha value is 0.440. The second-order valence-electron chi connectivity index (χ2n) is 4.77. The molecule has 0 rings (SSSR count). The van der Waals surface area contributed by atoms with Gasteiger partial charge in [0.2, 0.25) is 0 Å². The zero-order valence-corrected chi connectivity index (χ0v) is 16.2. The number of hydrogen-bond donors (Lipinski definition) is 4. The molecular formula is C11H26N2O6S4. The SMILES string of the molecule is O=S(=O)(O)SCCCNCCCCCNCCCSS(=O)(=O)O. The van der Waals surface area contributed by atoms with Gasteiger partial charge in [-0.2, -0.15) is 16.8 Å². The molecule has 0 fully saturated rings. The molecule has 0 bridgehead atoms. The van der Waals surface area contributed by atoms with Gasteiger partial charge in [0.1, 0.15) is 0 Å². The average molecular weight is 411 g/mol. The van der Waals surface area contributed by atoms with Crippen molar-refractivity contribution in [1.29, 1.82) is 0 Å². The normalized spacial score (nSPS) is 12.6. The fourth-order valence-electron chi connectivity index (χ4n) is 1.65. The molecule has 140 valence electrons. The van der Waals surface area contributed by atoms with Gasteiger partial charge >= 0.3 is 18.3 Å². The van der Waals surface area contributed by atoms with Gasteiger partial charge in [-0.3, -0.25) is 9.11 Å². The second kappa shape index (κ2) is 13.7. The van der Waals surface area contributed by atoms with E-state index in [-0.39, 0.29) is 0 Å². The predicted octanol–water partition coefficient (Wildman–Crippen LogP) is 1.19. The Bertz CT molecular complexity index is 439. The fraction of sp³-hybridized carbons (Fsp3) is 1.00. The molecule has 0 heterocycles. The molecule has 8 nitrogen and oxygen atoms in total. The van der Waals surface area contributed by atoms with E-state index in [9.17, 15) is 16.8 Å². The van der Waals surface area contributed by atoms with Crippen LogP contribution in [0, 0.1) is 0 Å². The van der Waals surface area contributed by atoms with E-state index in [4.69, 9.17) is 9.11 Å². The van der Waals surface area contributed by atoms with Crippen molar-refractivity contribution in [3.8, 4) is 0 Å². The van der Waals surface area contributed by atoms with Crippen molar-refractivity contribution in [3.05, 3.63) is 0 Å². The summed E-state index contributed by atoms with van der Waals surface area (Å²) in [5.41, 5.74) is 0. The van der Waals surface area contributed by atoms with Gasteiger partial charge in [-0.15, -0.1) is 0 Å². The van der Waals surface area contributed by atoms with Crippen LogP contribution in [0.1, 0.15) is 32.1 Å². The minimum absolute atomic E-state index is 0.381. The van der Waals surface area contributed by atoms with Gasteiger partial charge in [-0.05, 0) is 73.5 Å². The highest BCUT2D eigenvalue weighted by Crippen LogP contribution is 2.10. The number of rotatable bonds is 16. The minimum atomic E-state index is -3.91. The van der Waals surface area contributed by atoms with E-state index >= 15 is 0 Å². The zero-order valence-electron chi connectivity index (χ0n) is 12.9. The van der Waals surface area contributed by atoms with Crippen molar-refractivity contribution >= 4 is 39.9 Å². The maximum atomic E-state index is 10.4. The summed E-state index contributed by atoms with van der Waals surface area (Å²) in [6.45, 7) is 3.21. The van der Waals surface area contributed by atoms with E-state index in [2.05, 4.69) is 10.6 Å². The zero-order chi connectivity index (χ0) is 17.6. The van der Waals surface area contributed by atoms with Crippen LogP contribution in [-0.2, 0) is 18.3 Å². The van der Waals surface area contributed by atoms with Crippen LogP contribution < -0.4 is 10.6 Å². The lowest BCUT2D eigenvalue weighted by molar-refractivity contribution is 0.500. The summed E-state index contributed by atoms with van der Waals surface area (Å²) in [4.78, 5) is 0. The minimum Gasteiger partial charge on any atom is -0.317 e. The van der Waals surface area contributed by atoms with Gasteiger partial charge in [0, 0.05) is 11.5 Å². The van der Waals surface area contributed by atoms with Crippen molar-refractivity contribution in [3.63, 3.8) is 0 Å². The molecule has 0 aliphatic carbocycles. The highest BCUT2D eigenvalue weighted by atomic mass is 33.2. The fourth-order valence-corrected chi connectivity index (χ4v) is 4.57. The maximum absolute atomic E-state index is 10.4. The van der Waals surface area contributed by atoms with Gasteiger partial charge in [0.05, 0.1) is 0 Å². The van der Waals surface area contributed by atoms with Gasteiger partial charge in [-0.25, -0.2) is 0 Å². The van der Waals surface area contributed by atoms with Crippen molar-refractivity contribution in [2.24, 2.45) is 0 Å². The molecule has 0 unspecified atom stereocenters. The first-order chi connectivity index (χ1) is 10.7. The van der Waals surface area contributed by atoms with E-state index in [1.54, 1.807) is 0 Å². The summed E-state index contributed by atoms with van der Waals surface area (Å²) in [6, 6.07) is 0. The number of nitrogens with one attached hydrogen (secondary N) is 2. The smallest absolute Gasteiger partial charge is 0.317 e.